The van der Waals surface area contributed by atoms with Crippen molar-refractivity contribution in [2.24, 2.45) is 0 Å². The van der Waals surface area contributed by atoms with Gasteiger partial charge in [0.05, 0.1) is 18.9 Å². The van der Waals surface area contributed by atoms with E-state index in [0.717, 1.165) is 5.56 Å². The molecule has 2 aromatic rings. The predicted octanol–water partition coefficient (Wildman–Crippen LogP) is 2.95. The van der Waals surface area contributed by atoms with Gasteiger partial charge in [-0.15, -0.1) is 0 Å². The normalized spacial score (nSPS) is 12.3. The van der Waals surface area contributed by atoms with E-state index in [1.165, 1.54) is 0 Å². The number of hydrogen-bond donors (Lipinski definition) is 2. The average Bonchev–Trinajstić information content (AvgIpc) is 2.61. The highest BCUT2D eigenvalue weighted by Gasteiger charge is 2.15. The van der Waals surface area contributed by atoms with Gasteiger partial charge < -0.3 is 10.1 Å². The summed E-state index contributed by atoms with van der Waals surface area (Å²) in [6, 6.07) is 13.5. The monoisotopic (exact) mass is 362 g/mol. The van der Waals surface area contributed by atoms with E-state index >= 15 is 0 Å². The number of nitrogens with one attached hydrogen (secondary N) is 2. The Morgan fingerprint density at radius 2 is 1.76 bits per heavy atom. The molecular formula is C18H22N2O4S. The summed E-state index contributed by atoms with van der Waals surface area (Å²) in [7, 11) is -1.75. The van der Waals surface area contributed by atoms with Crippen LogP contribution >= 0.6 is 0 Å². The van der Waals surface area contributed by atoms with Gasteiger partial charge >= 0.3 is 0 Å². The van der Waals surface area contributed by atoms with Crippen molar-refractivity contribution < 1.29 is 17.9 Å². The maximum absolute atomic E-state index is 12.4. The Labute approximate surface area is 148 Å². The molecule has 134 valence electrons. The van der Waals surface area contributed by atoms with Crippen LogP contribution < -0.4 is 14.8 Å². The van der Waals surface area contributed by atoms with Crippen LogP contribution in [0.5, 0.6) is 5.75 Å². The molecule has 25 heavy (non-hydrogen) atoms. The first kappa shape index (κ1) is 18.8. The largest absolute Gasteiger partial charge is 0.496 e. The second-order valence-electron chi connectivity index (χ2n) is 5.52. The molecule has 0 bridgehead atoms. The molecule has 0 aromatic heterocycles. The molecule has 2 aromatic carbocycles. The summed E-state index contributed by atoms with van der Waals surface area (Å²) in [4.78, 5) is 12.4. The second kappa shape index (κ2) is 8.02. The van der Waals surface area contributed by atoms with Gasteiger partial charge in [-0.2, -0.15) is 0 Å². The third-order valence-corrected chi connectivity index (χ3v) is 5.06. The van der Waals surface area contributed by atoms with Crippen molar-refractivity contribution in [1.29, 1.82) is 0 Å². The summed E-state index contributed by atoms with van der Waals surface area (Å²) in [5.41, 5.74) is 1.75. The van der Waals surface area contributed by atoms with Gasteiger partial charge in [0.15, 0.2) is 0 Å². The zero-order valence-electron chi connectivity index (χ0n) is 14.4. The number of sulfonamides is 1. The minimum absolute atomic E-state index is 0.00827. The fourth-order valence-electron chi connectivity index (χ4n) is 2.32. The van der Waals surface area contributed by atoms with Crippen LogP contribution in [0.2, 0.25) is 0 Å². The number of carbonyl (C=O) groups is 1. The summed E-state index contributed by atoms with van der Waals surface area (Å²) < 4.78 is 30.8. The summed E-state index contributed by atoms with van der Waals surface area (Å²) in [5.74, 6) is 0.453. The highest BCUT2D eigenvalue weighted by Crippen LogP contribution is 2.24. The molecule has 0 saturated heterocycles. The van der Waals surface area contributed by atoms with E-state index in [9.17, 15) is 13.2 Å². The van der Waals surface area contributed by atoms with E-state index in [-0.39, 0.29) is 17.7 Å². The van der Waals surface area contributed by atoms with Crippen LogP contribution in [0.3, 0.4) is 0 Å². The standard InChI is InChI=1S/C18H22N2O4S/c1-4-25(22,23)20-15-11-9-14(10-12-15)18(21)19-13(2)16-7-5-6-8-17(16)24-3/h5-13,20H,4H2,1-3H3,(H,19,21)/t13-/m1/s1. The van der Waals surface area contributed by atoms with Gasteiger partial charge in [-0.3, -0.25) is 9.52 Å². The SMILES string of the molecule is CCS(=O)(=O)Nc1ccc(C(=O)N[C@H](C)c2ccccc2OC)cc1. The zero-order valence-corrected chi connectivity index (χ0v) is 15.3. The van der Waals surface area contributed by atoms with Crippen LogP contribution in [0, 0.1) is 0 Å². The molecule has 2 N–H and O–H groups in total. The summed E-state index contributed by atoms with van der Waals surface area (Å²) in [5, 5.41) is 2.91. The number of amides is 1. The van der Waals surface area contributed by atoms with Gasteiger partial charge in [0, 0.05) is 16.8 Å². The number of ether oxygens (including phenoxy) is 1. The number of anilines is 1. The van der Waals surface area contributed by atoms with Crippen LogP contribution in [0.1, 0.15) is 35.8 Å². The molecular weight excluding hydrogens is 340 g/mol. The molecule has 1 atom stereocenters. The van der Waals surface area contributed by atoms with E-state index in [4.69, 9.17) is 4.74 Å². The van der Waals surface area contributed by atoms with E-state index in [1.807, 2.05) is 31.2 Å². The van der Waals surface area contributed by atoms with Crippen molar-refractivity contribution in [3.05, 3.63) is 59.7 Å². The Morgan fingerprint density at radius 1 is 1.12 bits per heavy atom. The highest BCUT2D eigenvalue weighted by atomic mass is 32.2. The molecule has 0 heterocycles. The van der Waals surface area contributed by atoms with E-state index in [1.54, 1.807) is 38.3 Å². The summed E-state index contributed by atoms with van der Waals surface area (Å²) in [6.45, 7) is 3.43. The molecule has 0 aliphatic carbocycles. The number of benzene rings is 2. The lowest BCUT2D eigenvalue weighted by atomic mass is 10.1. The third-order valence-electron chi connectivity index (χ3n) is 3.75. The number of para-hydroxylation sites is 1. The Kier molecular flexibility index (Phi) is 6.03. The van der Waals surface area contributed by atoms with Crippen LogP contribution in [0.4, 0.5) is 5.69 Å². The zero-order chi connectivity index (χ0) is 18.4. The van der Waals surface area contributed by atoms with Crippen molar-refractivity contribution in [3.63, 3.8) is 0 Å². The van der Waals surface area contributed by atoms with Gasteiger partial charge in [0.25, 0.3) is 5.91 Å². The first-order chi connectivity index (χ1) is 11.9. The second-order valence-corrected chi connectivity index (χ2v) is 7.53. The smallest absolute Gasteiger partial charge is 0.251 e. The van der Waals surface area contributed by atoms with Gasteiger partial charge in [-0.05, 0) is 44.2 Å². The molecule has 1 amide bonds. The molecule has 6 nitrogen and oxygen atoms in total. The molecule has 0 fully saturated rings. The molecule has 0 aliphatic heterocycles. The van der Waals surface area contributed by atoms with Crippen molar-refractivity contribution in [3.8, 4) is 5.75 Å². The lowest BCUT2D eigenvalue weighted by Gasteiger charge is -2.17. The van der Waals surface area contributed by atoms with Crippen LogP contribution in [0.25, 0.3) is 0 Å². The molecule has 2 rings (SSSR count). The average molecular weight is 362 g/mol. The van der Waals surface area contributed by atoms with E-state index in [0.29, 0.717) is 17.0 Å². The molecule has 0 spiro atoms. The molecule has 0 radical (unpaired) electrons. The van der Waals surface area contributed by atoms with Crippen molar-refractivity contribution in [2.45, 2.75) is 19.9 Å². The number of hydrogen-bond acceptors (Lipinski definition) is 4. The van der Waals surface area contributed by atoms with Crippen LogP contribution in [-0.4, -0.2) is 27.2 Å². The predicted molar refractivity (Wildman–Crippen MR) is 98.4 cm³/mol. The third kappa shape index (κ3) is 4.96. The van der Waals surface area contributed by atoms with Gasteiger partial charge in [-0.25, -0.2) is 8.42 Å². The number of methoxy groups -OCH3 is 1. The van der Waals surface area contributed by atoms with Crippen LogP contribution in [0.15, 0.2) is 48.5 Å². The first-order valence-corrected chi connectivity index (χ1v) is 9.56. The van der Waals surface area contributed by atoms with Crippen molar-refractivity contribution >= 4 is 21.6 Å². The van der Waals surface area contributed by atoms with E-state index in [2.05, 4.69) is 10.0 Å². The lowest BCUT2D eigenvalue weighted by molar-refractivity contribution is 0.0939. The van der Waals surface area contributed by atoms with Gasteiger partial charge in [-0.1, -0.05) is 18.2 Å². The molecule has 0 aliphatic rings. The maximum atomic E-state index is 12.4. The van der Waals surface area contributed by atoms with Crippen LogP contribution in [-0.2, 0) is 10.0 Å². The first-order valence-electron chi connectivity index (χ1n) is 7.90. The van der Waals surface area contributed by atoms with Crippen molar-refractivity contribution in [1.82, 2.24) is 5.32 Å². The topological polar surface area (TPSA) is 84.5 Å². The molecule has 0 saturated carbocycles. The lowest BCUT2D eigenvalue weighted by Crippen LogP contribution is -2.27. The Morgan fingerprint density at radius 3 is 2.36 bits per heavy atom. The van der Waals surface area contributed by atoms with Crippen molar-refractivity contribution in [2.75, 3.05) is 17.6 Å². The number of rotatable bonds is 7. The summed E-state index contributed by atoms with van der Waals surface area (Å²) >= 11 is 0. The molecule has 7 heteroatoms. The summed E-state index contributed by atoms with van der Waals surface area (Å²) in [6.07, 6.45) is 0. The Hall–Kier alpha value is -2.54. The fraction of sp³-hybridized carbons (Fsp3) is 0.278. The molecule has 0 unspecified atom stereocenters. The Bertz CT molecular complexity index is 832. The Balaban J connectivity index is 2.08. The van der Waals surface area contributed by atoms with Gasteiger partial charge in [0.2, 0.25) is 10.0 Å². The van der Waals surface area contributed by atoms with Gasteiger partial charge in [0.1, 0.15) is 5.75 Å². The number of carbonyl (C=O) groups excluding carboxylic acids is 1. The van der Waals surface area contributed by atoms with E-state index < -0.39 is 10.0 Å². The highest BCUT2D eigenvalue weighted by molar-refractivity contribution is 7.92. The minimum atomic E-state index is -3.33. The maximum Gasteiger partial charge on any atom is 0.251 e. The quantitative estimate of drug-likeness (QED) is 0.793. The minimum Gasteiger partial charge on any atom is -0.496 e. The fourth-order valence-corrected chi connectivity index (χ4v) is 2.96.